The number of alkyl halides is 1. The van der Waals surface area contributed by atoms with Gasteiger partial charge in [-0.15, -0.1) is 0 Å². The van der Waals surface area contributed by atoms with Gasteiger partial charge < -0.3 is 0 Å². The fraction of sp³-hybridized carbons (Fsp3) is 0.429. The lowest BCUT2D eigenvalue weighted by molar-refractivity contribution is 1.27. The molecular formula is C7H11Br. The molecule has 0 rings (SSSR count). The van der Waals surface area contributed by atoms with Gasteiger partial charge in [-0.2, -0.15) is 0 Å². The van der Waals surface area contributed by atoms with Gasteiger partial charge in [0.15, 0.2) is 0 Å². The minimum absolute atomic E-state index is 0.485. The average molecular weight is 175 g/mol. The summed E-state index contributed by atoms with van der Waals surface area (Å²) in [6, 6.07) is 0. The van der Waals surface area contributed by atoms with Crippen molar-refractivity contribution >= 4 is 15.9 Å². The van der Waals surface area contributed by atoms with Gasteiger partial charge in [-0.25, -0.2) is 0 Å². The van der Waals surface area contributed by atoms with Crippen LogP contribution in [-0.4, -0.2) is 4.83 Å². The summed E-state index contributed by atoms with van der Waals surface area (Å²) in [7, 11) is 0. The molecule has 0 aliphatic carbocycles. The summed E-state index contributed by atoms with van der Waals surface area (Å²) in [5.74, 6) is 0. The molecule has 0 saturated carbocycles. The molecule has 0 bridgehead atoms. The Morgan fingerprint density at radius 3 is 2.38 bits per heavy atom. The van der Waals surface area contributed by atoms with Crippen molar-refractivity contribution in [1.82, 2.24) is 0 Å². The van der Waals surface area contributed by atoms with Crippen LogP contribution in [0.5, 0.6) is 0 Å². The third-order valence-electron chi connectivity index (χ3n) is 0.680. The van der Waals surface area contributed by atoms with E-state index in [1.807, 2.05) is 25.2 Å². The summed E-state index contributed by atoms with van der Waals surface area (Å²) >= 11 is 3.38. The number of hydrogen-bond acceptors (Lipinski definition) is 0. The highest BCUT2D eigenvalue weighted by molar-refractivity contribution is 9.09. The van der Waals surface area contributed by atoms with Crippen LogP contribution in [0.3, 0.4) is 0 Å². The highest BCUT2D eigenvalue weighted by Gasteiger charge is 1.80. The van der Waals surface area contributed by atoms with Crippen LogP contribution in [0.1, 0.15) is 13.8 Å². The predicted octanol–water partition coefficient (Wildman–Crippen LogP) is 2.90. The van der Waals surface area contributed by atoms with Gasteiger partial charge in [0.05, 0.1) is 0 Å². The van der Waals surface area contributed by atoms with Gasteiger partial charge in [-0.3, -0.25) is 0 Å². The monoisotopic (exact) mass is 174 g/mol. The molecule has 1 atom stereocenters. The molecule has 0 aromatic rings. The summed E-state index contributed by atoms with van der Waals surface area (Å²) in [6.45, 7) is 4.09. The van der Waals surface area contributed by atoms with Crippen molar-refractivity contribution in [3.8, 4) is 0 Å². The molecule has 46 valence electrons. The lowest BCUT2D eigenvalue weighted by Gasteiger charge is -1.85. The zero-order chi connectivity index (χ0) is 6.41. The van der Waals surface area contributed by atoms with Crippen molar-refractivity contribution in [3.63, 3.8) is 0 Å². The van der Waals surface area contributed by atoms with Gasteiger partial charge in [0.1, 0.15) is 0 Å². The van der Waals surface area contributed by atoms with Crippen molar-refractivity contribution in [2.75, 3.05) is 0 Å². The summed E-state index contributed by atoms with van der Waals surface area (Å²) in [6.07, 6.45) is 8.13. The van der Waals surface area contributed by atoms with Crippen LogP contribution in [0.15, 0.2) is 24.3 Å². The van der Waals surface area contributed by atoms with E-state index in [4.69, 9.17) is 0 Å². The lowest BCUT2D eigenvalue weighted by atomic mass is 10.4. The zero-order valence-corrected chi connectivity index (χ0v) is 6.85. The van der Waals surface area contributed by atoms with Crippen LogP contribution in [0.4, 0.5) is 0 Å². The van der Waals surface area contributed by atoms with Crippen LogP contribution in [0.2, 0.25) is 0 Å². The van der Waals surface area contributed by atoms with Gasteiger partial charge in [0.2, 0.25) is 0 Å². The highest BCUT2D eigenvalue weighted by atomic mass is 79.9. The number of halogens is 1. The zero-order valence-electron chi connectivity index (χ0n) is 5.26. The first kappa shape index (κ1) is 7.96. The highest BCUT2D eigenvalue weighted by Crippen LogP contribution is 1.97. The fourth-order valence-corrected chi connectivity index (χ4v) is 0.505. The molecule has 0 aliphatic heterocycles. The van der Waals surface area contributed by atoms with Gasteiger partial charge in [0, 0.05) is 4.83 Å². The molecule has 0 spiro atoms. The lowest BCUT2D eigenvalue weighted by Crippen LogP contribution is -1.76. The van der Waals surface area contributed by atoms with Crippen molar-refractivity contribution in [2.24, 2.45) is 0 Å². The Bertz CT molecular complexity index is 90.6. The fourth-order valence-electron chi connectivity index (χ4n) is 0.328. The van der Waals surface area contributed by atoms with Crippen molar-refractivity contribution in [1.29, 1.82) is 0 Å². The third-order valence-corrected chi connectivity index (χ3v) is 0.985. The second-order valence-corrected chi connectivity index (χ2v) is 3.03. The maximum absolute atomic E-state index is 3.38. The van der Waals surface area contributed by atoms with Crippen molar-refractivity contribution in [2.45, 2.75) is 18.7 Å². The van der Waals surface area contributed by atoms with E-state index in [2.05, 4.69) is 28.9 Å². The van der Waals surface area contributed by atoms with Crippen LogP contribution in [0, 0.1) is 0 Å². The van der Waals surface area contributed by atoms with Gasteiger partial charge in [-0.1, -0.05) is 40.2 Å². The molecule has 0 aromatic carbocycles. The van der Waals surface area contributed by atoms with E-state index >= 15 is 0 Å². The smallest absolute Gasteiger partial charge is 0.0300 e. The molecule has 1 unspecified atom stereocenters. The molecule has 0 fully saturated rings. The second-order valence-electron chi connectivity index (χ2n) is 1.59. The summed E-state index contributed by atoms with van der Waals surface area (Å²) in [4.78, 5) is 0.485. The van der Waals surface area contributed by atoms with E-state index in [1.165, 1.54) is 0 Å². The standard InChI is InChI=1S/C7H11Br/c1-3-4-5-6-7(2)8/h3-7H,1-2H3. The largest absolute Gasteiger partial charge is 0.0877 e. The first-order chi connectivity index (χ1) is 3.77. The van der Waals surface area contributed by atoms with Gasteiger partial charge in [-0.05, 0) is 13.8 Å². The van der Waals surface area contributed by atoms with Gasteiger partial charge >= 0.3 is 0 Å². The normalized spacial score (nSPS) is 15.9. The quantitative estimate of drug-likeness (QED) is 0.447. The minimum Gasteiger partial charge on any atom is -0.0877 e. The Labute approximate surface area is 59.4 Å². The molecule has 0 nitrogen and oxygen atoms in total. The van der Waals surface area contributed by atoms with E-state index in [1.54, 1.807) is 0 Å². The molecule has 0 aromatic heterocycles. The number of allylic oxidation sites excluding steroid dienone is 4. The Morgan fingerprint density at radius 1 is 1.38 bits per heavy atom. The Kier molecular flexibility index (Phi) is 5.08. The van der Waals surface area contributed by atoms with E-state index in [9.17, 15) is 0 Å². The Balaban J connectivity index is 3.34. The molecule has 0 N–H and O–H groups in total. The van der Waals surface area contributed by atoms with E-state index < -0.39 is 0 Å². The predicted molar refractivity (Wildman–Crippen MR) is 42.3 cm³/mol. The maximum Gasteiger partial charge on any atom is 0.0300 e. The Morgan fingerprint density at radius 2 is 2.00 bits per heavy atom. The maximum atomic E-state index is 3.38. The van der Waals surface area contributed by atoms with E-state index in [0.717, 1.165) is 0 Å². The molecule has 8 heavy (non-hydrogen) atoms. The van der Waals surface area contributed by atoms with Crippen LogP contribution in [0.25, 0.3) is 0 Å². The molecule has 0 saturated heterocycles. The number of hydrogen-bond donors (Lipinski definition) is 0. The minimum atomic E-state index is 0.485. The van der Waals surface area contributed by atoms with Crippen molar-refractivity contribution < 1.29 is 0 Å². The second kappa shape index (κ2) is 5.10. The molecule has 0 heterocycles. The molecule has 0 aliphatic rings. The van der Waals surface area contributed by atoms with Gasteiger partial charge in [0.25, 0.3) is 0 Å². The molecule has 0 radical (unpaired) electrons. The summed E-state index contributed by atoms with van der Waals surface area (Å²) in [5, 5.41) is 0. The molecular weight excluding hydrogens is 164 g/mol. The van der Waals surface area contributed by atoms with Crippen molar-refractivity contribution in [3.05, 3.63) is 24.3 Å². The number of rotatable bonds is 2. The molecule has 1 heteroatoms. The first-order valence-electron chi connectivity index (χ1n) is 2.71. The Hall–Kier alpha value is -0.0400. The van der Waals surface area contributed by atoms with E-state index in [0.29, 0.717) is 4.83 Å². The van der Waals surface area contributed by atoms with Crippen LogP contribution < -0.4 is 0 Å². The van der Waals surface area contributed by atoms with Crippen LogP contribution in [-0.2, 0) is 0 Å². The SMILES string of the molecule is CC=CC=CC(C)Br. The third kappa shape index (κ3) is 5.96. The van der Waals surface area contributed by atoms with Crippen LogP contribution >= 0.6 is 15.9 Å². The summed E-state index contributed by atoms with van der Waals surface area (Å²) in [5.41, 5.74) is 0. The summed E-state index contributed by atoms with van der Waals surface area (Å²) < 4.78 is 0. The topological polar surface area (TPSA) is 0 Å². The average Bonchev–Trinajstić information content (AvgIpc) is 1.66. The van der Waals surface area contributed by atoms with E-state index in [-0.39, 0.29) is 0 Å². The first-order valence-corrected chi connectivity index (χ1v) is 3.62. The molecule has 0 amide bonds.